The predicted octanol–water partition coefficient (Wildman–Crippen LogP) is 0.957. The van der Waals surface area contributed by atoms with Gasteiger partial charge in [-0.15, -0.1) is 23.1 Å². The maximum Gasteiger partial charge on any atom is 0.249 e. The average Bonchev–Trinajstić information content (AvgIpc) is 2.94. The molecule has 0 unspecified atom stereocenters. The number of aryl methyl sites for hydroxylation is 1. The Kier molecular flexibility index (Phi) is 4.04. The minimum absolute atomic E-state index is 0.271. The Balaban J connectivity index is 1.64. The van der Waals surface area contributed by atoms with Crippen molar-refractivity contribution >= 4 is 40.0 Å². The van der Waals surface area contributed by atoms with Crippen LogP contribution in [0.3, 0.4) is 0 Å². The number of hydrogen-bond donors (Lipinski definition) is 1. The molecule has 1 aromatic rings. The average molecular weight is 342 g/mol. The van der Waals surface area contributed by atoms with Gasteiger partial charge in [-0.25, -0.2) is 4.98 Å². The van der Waals surface area contributed by atoms with Crippen molar-refractivity contribution in [2.24, 2.45) is 5.92 Å². The van der Waals surface area contributed by atoms with Gasteiger partial charge in [0.15, 0.2) is 5.13 Å². The Morgan fingerprint density at radius 3 is 2.91 bits per heavy atom. The minimum Gasteiger partial charge on any atom is -0.320 e. The first-order valence-corrected chi connectivity index (χ1v) is 8.69. The fourth-order valence-electron chi connectivity index (χ4n) is 2.37. The summed E-state index contributed by atoms with van der Waals surface area (Å²) < 4.78 is 0. The van der Waals surface area contributed by atoms with Crippen LogP contribution in [0.15, 0.2) is 6.20 Å². The second kappa shape index (κ2) is 5.84. The van der Waals surface area contributed by atoms with Crippen LogP contribution in [-0.2, 0) is 9.59 Å². The lowest BCUT2D eigenvalue weighted by molar-refractivity contribution is -0.497. The number of hydrogen-bond acceptors (Lipinski definition) is 7. The van der Waals surface area contributed by atoms with E-state index in [1.165, 1.54) is 28.0 Å². The normalized spacial score (nSPS) is 26.8. The molecule has 8 nitrogen and oxygen atoms in total. The van der Waals surface area contributed by atoms with Crippen LogP contribution in [0.4, 0.5) is 5.13 Å². The van der Waals surface area contributed by atoms with Gasteiger partial charge in [0, 0.05) is 28.2 Å². The molecule has 2 heterocycles. The van der Waals surface area contributed by atoms with Crippen LogP contribution >= 0.6 is 23.1 Å². The smallest absolute Gasteiger partial charge is 0.249 e. The van der Waals surface area contributed by atoms with E-state index in [2.05, 4.69) is 10.3 Å². The fraction of sp³-hybridized carbons (Fsp3) is 0.583. The Morgan fingerprint density at radius 2 is 2.32 bits per heavy atom. The van der Waals surface area contributed by atoms with E-state index in [-0.39, 0.29) is 18.2 Å². The topological polar surface area (TPSA) is 105 Å². The molecule has 3 rings (SSSR count). The third-order valence-corrected chi connectivity index (χ3v) is 5.50. The van der Waals surface area contributed by atoms with Crippen LogP contribution in [0, 0.1) is 23.0 Å². The summed E-state index contributed by atoms with van der Waals surface area (Å²) in [5, 5.41) is 13.9. The largest absolute Gasteiger partial charge is 0.320 e. The predicted molar refractivity (Wildman–Crippen MR) is 82.3 cm³/mol. The molecule has 2 fully saturated rings. The van der Waals surface area contributed by atoms with E-state index in [1.54, 1.807) is 6.20 Å². The molecule has 0 bridgehead atoms. The molecular weight excluding hydrogens is 328 g/mol. The zero-order chi connectivity index (χ0) is 15.9. The molecule has 1 aliphatic heterocycles. The van der Waals surface area contributed by atoms with E-state index >= 15 is 0 Å². The monoisotopic (exact) mass is 342 g/mol. The summed E-state index contributed by atoms with van der Waals surface area (Å²) in [7, 11) is 0. The molecule has 10 heteroatoms. The highest BCUT2D eigenvalue weighted by atomic mass is 32.2. The second-order valence-corrected chi connectivity index (χ2v) is 7.52. The van der Waals surface area contributed by atoms with Gasteiger partial charge < -0.3 is 10.2 Å². The zero-order valence-electron chi connectivity index (χ0n) is 11.7. The maximum atomic E-state index is 12.3. The lowest BCUT2D eigenvalue weighted by atomic mass is 10.2. The highest BCUT2D eigenvalue weighted by Crippen LogP contribution is 2.37. The van der Waals surface area contributed by atoms with Crippen LogP contribution in [0.1, 0.15) is 11.3 Å². The number of nitro groups is 1. The van der Waals surface area contributed by atoms with Crippen molar-refractivity contribution in [2.75, 3.05) is 16.9 Å². The summed E-state index contributed by atoms with van der Waals surface area (Å²) in [4.78, 5) is 41.4. The summed E-state index contributed by atoms with van der Waals surface area (Å²) in [6, 6.07) is -1.38. The number of carbonyl (C=O) groups excluding carboxylic acids is 2. The molecule has 3 atom stereocenters. The molecule has 1 N–H and O–H groups in total. The summed E-state index contributed by atoms with van der Waals surface area (Å²) >= 11 is 2.84. The molecule has 2 amide bonds. The number of carbonyl (C=O) groups is 2. The number of rotatable bonds is 4. The van der Waals surface area contributed by atoms with E-state index in [4.69, 9.17) is 0 Å². The van der Waals surface area contributed by atoms with Gasteiger partial charge in [0.1, 0.15) is 12.0 Å². The molecule has 2 aliphatic rings. The molecule has 22 heavy (non-hydrogen) atoms. The van der Waals surface area contributed by atoms with E-state index in [0.717, 1.165) is 4.88 Å². The van der Waals surface area contributed by atoms with Crippen molar-refractivity contribution in [1.82, 2.24) is 9.88 Å². The standard InChI is InChI=1S/C12H14N4O4S2/c1-6-3-13-12(22-6)14-10(17)9-4-21-5-15(9)11(18)7-2-8(7)16(19)20/h3,7-9H,2,4-5H2,1H3,(H,13,14,17)/t7-,8+,9-/m0/s1. The van der Waals surface area contributed by atoms with Crippen LogP contribution < -0.4 is 5.32 Å². The van der Waals surface area contributed by atoms with E-state index in [9.17, 15) is 19.7 Å². The van der Waals surface area contributed by atoms with Crippen molar-refractivity contribution in [3.63, 3.8) is 0 Å². The Morgan fingerprint density at radius 1 is 1.55 bits per heavy atom. The number of thioether (sulfide) groups is 1. The van der Waals surface area contributed by atoms with Gasteiger partial charge in [-0.3, -0.25) is 19.7 Å². The van der Waals surface area contributed by atoms with Crippen molar-refractivity contribution in [1.29, 1.82) is 0 Å². The third kappa shape index (κ3) is 2.93. The van der Waals surface area contributed by atoms with Crippen molar-refractivity contribution in [2.45, 2.75) is 25.4 Å². The van der Waals surface area contributed by atoms with Crippen LogP contribution in [0.5, 0.6) is 0 Å². The Bertz CT molecular complexity index is 634. The van der Waals surface area contributed by atoms with Crippen LogP contribution in [0.2, 0.25) is 0 Å². The first kappa shape index (κ1) is 15.2. The van der Waals surface area contributed by atoms with Crippen LogP contribution in [-0.4, -0.2) is 50.3 Å². The van der Waals surface area contributed by atoms with E-state index in [0.29, 0.717) is 16.8 Å². The summed E-state index contributed by atoms with van der Waals surface area (Å²) in [6.45, 7) is 1.89. The molecule has 1 saturated carbocycles. The molecule has 1 aliphatic carbocycles. The lowest BCUT2D eigenvalue weighted by Crippen LogP contribution is -2.45. The van der Waals surface area contributed by atoms with Gasteiger partial charge in [0.2, 0.25) is 17.9 Å². The van der Waals surface area contributed by atoms with Crippen molar-refractivity contribution in [3.05, 3.63) is 21.2 Å². The number of nitrogens with zero attached hydrogens (tertiary/aromatic N) is 3. The molecule has 0 radical (unpaired) electrons. The fourth-order valence-corrected chi connectivity index (χ4v) is 4.20. The lowest BCUT2D eigenvalue weighted by Gasteiger charge is -2.22. The summed E-state index contributed by atoms with van der Waals surface area (Å²) in [5.41, 5.74) is 0. The number of aromatic nitrogens is 1. The van der Waals surface area contributed by atoms with Gasteiger partial charge >= 0.3 is 0 Å². The number of amides is 2. The van der Waals surface area contributed by atoms with Crippen LogP contribution in [0.25, 0.3) is 0 Å². The quantitative estimate of drug-likeness (QED) is 0.645. The number of nitrogens with one attached hydrogen (secondary N) is 1. The molecule has 118 valence electrons. The molecule has 1 aromatic heterocycles. The zero-order valence-corrected chi connectivity index (χ0v) is 13.4. The van der Waals surface area contributed by atoms with Gasteiger partial charge in [0.25, 0.3) is 0 Å². The SMILES string of the molecule is Cc1cnc(NC(=O)[C@@H]2CSCN2C(=O)[C@H]2C[C@H]2[N+](=O)[O-])s1. The summed E-state index contributed by atoms with van der Waals surface area (Å²) in [5.74, 6) is -0.258. The van der Waals surface area contributed by atoms with E-state index < -0.39 is 22.9 Å². The summed E-state index contributed by atoms with van der Waals surface area (Å²) in [6.07, 6.45) is 1.94. The molecular formula is C12H14N4O4S2. The molecule has 0 aromatic carbocycles. The second-order valence-electron chi connectivity index (χ2n) is 5.28. The number of anilines is 1. The molecule has 0 spiro atoms. The van der Waals surface area contributed by atoms with Gasteiger partial charge in [-0.1, -0.05) is 0 Å². The highest BCUT2D eigenvalue weighted by molar-refractivity contribution is 7.99. The Labute approximate surface area is 134 Å². The van der Waals surface area contributed by atoms with E-state index in [1.807, 2.05) is 6.92 Å². The first-order chi connectivity index (χ1) is 10.5. The van der Waals surface area contributed by atoms with Gasteiger partial charge in [-0.2, -0.15) is 0 Å². The first-order valence-electron chi connectivity index (χ1n) is 6.72. The van der Waals surface area contributed by atoms with Gasteiger partial charge in [0.05, 0.1) is 5.88 Å². The Hall–Kier alpha value is -1.68. The third-order valence-electron chi connectivity index (χ3n) is 3.66. The minimum atomic E-state index is -0.788. The highest BCUT2D eigenvalue weighted by Gasteiger charge is 2.56. The molecule has 1 saturated heterocycles. The van der Waals surface area contributed by atoms with Crippen molar-refractivity contribution in [3.8, 4) is 0 Å². The van der Waals surface area contributed by atoms with Crippen molar-refractivity contribution < 1.29 is 14.5 Å². The van der Waals surface area contributed by atoms with Gasteiger partial charge in [-0.05, 0) is 6.92 Å². The number of thiazole rings is 1. The maximum absolute atomic E-state index is 12.3.